The number of carbonyl (C=O) groups excluding carboxylic acids is 1. The fourth-order valence-electron chi connectivity index (χ4n) is 1.87. The third-order valence-corrected chi connectivity index (χ3v) is 3.42. The molecule has 2 aromatic rings. The van der Waals surface area contributed by atoms with Crippen molar-refractivity contribution in [3.8, 4) is 5.75 Å². The van der Waals surface area contributed by atoms with Gasteiger partial charge in [0.1, 0.15) is 5.56 Å². The van der Waals surface area contributed by atoms with Gasteiger partial charge in [-0.25, -0.2) is 4.79 Å². The Balaban J connectivity index is 2.88. The van der Waals surface area contributed by atoms with E-state index in [4.69, 9.17) is 32.7 Å². The van der Waals surface area contributed by atoms with Gasteiger partial charge in [0, 0.05) is 5.39 Å². The van der Waals surface area contributed by atoms with Crippen molar-refractivity contribution < 1.29 is 14.3 Å². The molecule has 0 spiro atoms. The molecule has 0 aliphatic heterocycles. The zero-order valence-electron chi connectivity index (χ0n) is 10.8. The first kappa shape index (κ1) is 14.7. The van der Waals surface area contributed by atoms with Crippen LogP contribution in [0.15, 0.2) is 16.9 Å². The van der Waals surface area contributed by atoms with Crippen molar-refractivity contribution in [1.82, 2.24) is 4.98 Å². The number of halogens is 2. The van der Waals surface area contributed by atoms with Gasteiger partial charge >= 0.3 is 5.97 Å². The molecule has 1 heterocycles. The number of carbonyl (C=O) groups is 1. The number of pyridine rings is 1. The summed E-state index contributed by atoms with van der Waals surface area (Å²) < 4.78 is 9.96. The van der Waals surface area contributed by atoms with Gasteiger partial charge in [-0.3, -0.25) is 4.79 Å². The van der Waals surface area contributed by atoms with Crippen LogP contribution < -0.4 is 10.3 Å². The smallest absolute Gasteiger partial charge is 0.342 e. The third-order valence-electron chi connectivity index (χ3n) is 2.69. The maximum atomic E-state index is 12.1. The molecule has 7 heteroatoms. The number of methoxy groups -OCH3 is 1. The Morgan fingerprint density at radius 1 is 1.30 bits per heavy atom. The second-order valence-electron chi connectivity index (χ2n) is 3.89. The highest BCUT2D eigenvalue weighted by Crippen LogP contribution is 2.31. The Bertz CT molecular complexity index is 739. The number of fused-ring (bicyclic) bond motifs is 1. The van der Waals surface area contributed by atoms with Crippen molar-refractivity contribution >= 4 is 40.1 Å². The first-order valence-electron chi connectivity index (χ1n) is 5.75. The summed E-state index contributed by atoms with van der Waals surface area (Å²) >= 11 is 11.9. The topological polar surface area (TPSA) is 68.4 Å². The van der Waals surface area contributed by atoms with Crippen LogP contribution in [0, 0.1) is 0 Å². The minimum absolute atomic E-state index is 0.0340. The van der Waals surface area contributed by atoms with Crippen LogP contribution in [0.5, 0.6) is 5.75 Å². The molecule has 0 bridgehead atoms. The van der Waals surface area contributed by atoms with E-state index in [0.717, 1.165) is 0 Å². The Hall–Kier alpha value is -1.72. The van der Waals surface area contributed by atoms with Gasteiger partial charge in [0.15, 0.2) is 5.75 Å². The van der Waals surface area contributed by atoms with Gasteiger partial charge in [-0.15, -0.1) is 0 Å². The van der Waals surface area contributed by atoms with E-state index < -0.39 is 11.5 Å². The number of esters is 1. The molecule has 20 heavy (non-hydrogen) atoms. The van der Waals surface area contributed by atoms with Crippen LogP contribution in [-0.4, -0.2) is 24.7 Å². The molecule has 0 atom stereocenters. The lowest BCUT2D eigenvalue weighted by Crippen LogP contribution is -2.17. The van der Waals surface area contributed by atoms with Crippen molar-refractivity contribution in [1.29, 1.82) is 0 Å². The SMILES string of the molecule is CCOC(=O)c1c(OC)c(=O)[nH]c2cc(Cl)c(Cl)cc12. The minimum Gasteiger partial charge on any atom is -0.490 e. The van der Waals surface area contributed by atoms with Crippen LogP contribution in [0.2, 0.25) is 10.0 Å². The number of hydrogen-bond donors (Lipinski definition) is 1. The molecule has 5 nitrogen and oxygen atoms in total. The Morgan fingerprint density at radius 2 is 1.95 bits per heavy atom. The number of nitrogens with one attached hydrogen (secondary N) is 1. The first-order chi connectivity index (χ1) is 9.49. The Morgan fingerprint density at radius 3 is 2.55 bits per heavy atom. The summed E-state index contributed by atoms with van der Waals surface area (Å²) in [5, 5.41) is 0.947. The van der Waals surface area contributed by atoms with Crippen molar-refractivity contribution in [2.75, 3.05) is 13.7 Å². The normalized spacial score (nSPS) is 10.6. The van der Waals surface area contributed by atoms with E-state index in [1.54, 1.807) is 6.92 Å². The molecule has 0 unspecified atom stereocenters. The van der Waals surface area contributed by atoms with Gasteiger partial charge in [0.05, 0.1) is 29.3 Å². The molecule has 1 aromatic carbocycles. The molecule has 0 fully saturated rings. The highest BCUT2D eigenvalue weighted by atomic mass is 35.5. The van der Waals surface area contributed by atoms with Gasteiger partial charge in [0.25, 0.3) is 5.56 Å². The van der Waals surface area contributed by atoms with Crippen LogP contribution >= 0.6 is 23.2 Å². The molecule has 0 aliphatic rings. The molecule has 1 aromatic heterocycles. The lowest BCUT2D eigenvalue weighted by atomic mass is 10.1. The summed E-state index contributed by atoms with van der Waals surface area (Å²) in [6.07, 6.45) is 0. The average Bonchev–Trinajstić information content (AvgIpc) is 2.39. The van der Waals surface area contributed by atoms with Gasteiger partial charge in [-0.1, -0.05) is 23.2 Å². The molecule has 0 saturated heterocycles. The standard InChI is InChI=1S/C13H11Cl2NO4/c1-3-20-13(18)10-6-4-7(14)8(15)5-9(6)16-12(17)11(10)19-2/h4-5H,3H2,1-2H3,(H,16,17). The maximum absolute atomic E-state index is 12.1. The highest BCUT2D eigenvalue weighted by Gasteiger charge is 2.22. The minimum atomic E-state index is -0.654. The Kier molecular flexibility index (Phi) is 4.20. The average molecular weight is 316 g/mol. The zero-order chi connectivity index (χ0) is 14.9. The largest absolute Gasteiger partial charge is 0.490 e. The van der Waals surface area contributed by atoms with Crippen LogP contribution in [0.1, 0.15) is 17.3 Å². The summed E-state index contributed by atoms with van der Waals surface area (Å²) in [6, 6.07) is 2.97. The van der Waals surface area contributed by atoms with E-state index >= 15 is 0 Å². The maximum Gasteiger partial charge on any atom is 0.342 e. The van der Waals surface area contributed by atoms with Crippen molar-refractivity contribution in [2.24, 2.45) is 0 Å². The molecular weight excluding hydrogens is 305 g/mol. The summed E-state index contributed by atoms with van der Waals surface area (Å²) in [7, 11) is 1.30. The molecule has 0 radical (unpaired) electrons. The quantitative estimate of drug-likeness (QED) is 0.884. The second kappa shape index (κ2) is 5.73. The van der Waals surface area contributed by atoms with Crippen LogP contribution in [-0.2, 0) is 4.74 Å². The number of aromatic nitrogens is 1. The lowest BCUT2D eigenvalue weighted by molar-refractivity contribution is 0.0525. The van der Waals surface area contributed by atoms with E-state index in [1.165, 1.54) is 19.2 Å². The third kappa shape index (κ3) is 2.46. The van der Waals surface area contributed by atoms with E-state index in [-0.39, 0.29) is 28.0 Å². The Labute approximate surface area is 124 Å². The molecule has 2 rings (SSSR count). The summed E-state index contributed by atoms with van der Waals surface area (Å²) in [6.45, 7) is 1.85. The predicted molar refractivity (Wildman–Crippen MR) is 77.1 cm³/mol. The number of H-pyrrole nitrogens is 1. The van der Waals surface area contributed by atoms with Gasteiger partial charge in [-0.05, 0) is 19.1 Å². The predicted octanol–water partition coefficient (Wildman–Crippen LogP) is 3.02. The molecule has 0 aliphatic carbocycles. The fourth-order valence-corrected chi connectivity index (χ4v) is 2.20. The number of hydrogen-bond acceptors (Lipinski definition) is 4. The summed E-state index contributed by atoms with van der Waals surface area (Å²) in [5.74, 6) is -0.770. The van der Waals surface area contributed by atoms with E-state index in [2.05, 4.69) is 4.98 Å². The van der Waals surface area contributed by atoms with Crippen molar-refractivity contribution in [2.45, 2.75) is 6.92 Å². The van der Waals surface area contributed by atoms with Crippen LogP contribution in [0.3, 0.4) is 0 Å². The van der Waals surface area contributed by atoms with E-state index in [1.807, 2.05) is 0 Å². The fraction of sp³-hybridized carbons (Fsp3) is 0.231. The summed E-state index contributed by atoms with van der Waals surface area (Å²) in [5.41, 5.74) is -0.124. The zero-order valence-corrected chi connectivity index (χ0v) is 12.3. The van der Waals surface area contributed by atoms with E-state index in [0.29, 0.717) is 10.9 Å². The van der Waals surface area contributed by atoms with Gasteiger partial charge < -0.3 is 14.5 Å². The molecule has 106 valence electrons. The van der Waals surface area contributed by atoms with Gasteiger partial charge in [0.2, 0.25) is 0 Å². The molecule has 0 amide bonds. The lowest BCUT2D eigenvalue weighted by Gasteiger charge is -2.11. The number of ether oxygens (including phenoxy) is 2. The van der Waals surface area contributed by atoms with E-state index in [9.17, 15) is 9.59 Å². The van der Waals surface area contributed by atoms with Gasteiger partial charge in [-0.2, -0.15) is 0 Å². The number of benzene rings is 1. The first-order valence-corrected chi connectivity index (χ1v) is 6.51. The van der Waals surface area contributed by atoms with Crippen molar-refractivity contribution in [3.63, 3.8) is 0 Å². The van der Waals surface area contributed by atoms with Crippen LogP contribution in [0.4, 0.5) is 0 Å². The van der Waals surface area contributed by atoms with Crippen LogP contribution in [0.25, 0.3) is 10.9 Å². The number of rotatable bonds is 3. The number of aromatic amines is 1. The summed E-state index contributed by atoms with van der Waals surface area (Å²) in [4.78, 5) is 26.6. The molecule has 1 N–H and O–H groups in total. The molecule has 0 saturated carbocycles. The second-order valence-corrected chi connectivity index (χ2v) is 4.71. The van der Waals surface area contributed by atoms with Crippen molar-refractivity contribution in [3.05, 3.63) is 38.1 Å². The highest BCUT2D eigenvalue weighted by molar-refractivity contribution is 6.42. The monoisotopic (exact) mass is 315 g/mol. The molecular formula is C13H11Cl2NO4.